The van der Waals surface area contributed by atoms with Gasteiger partial charge in [-0.1, -0.05) is 11.6 Å². The van der Waals surface area contributed by atoms with Crippen LogP contribution in [0.15, 0.2) is 5.38 Å². The summed E-state index contributed by atoms with van der Waals surface area (Å²) in [6.45, 7) is 0. The van der Waals surface area contributed by atoms with Gasteiger partial charge in [0.05, 0.1) is 0 Å². The van der Waals surface area contributed by atoms with Crippen molar-refractivity contribution < 1.29 is 0 Å². The molecule has 0 amide bonds. The van der Waals surface area contributed by atoms with Gasteiger partial charge in [0.15, 0.2) is 4.47 Å². The molecule has 0 fully saturated rings. The van der Waals surface area contributed by atoms with Crippen molar-refractivity contribution in [2.24, 2.45) is 0 Å². The number of aromatic nitrogens is 1. The summed E-state index contributed by atoms with van der Waals surface area (Å²) in [6, 6.07) is 0. The van der Waals surface area contributed by atoms with Crippen LogP contribution in [0.2, 0.25) is 4.47 Å². The van der Waals surface area contributed by atoms with Gasteiger partial charge in [-0.25, -0.2) is 4.98 Å². The van der Waals surface area contributed by atoms with Gasteiger partial charge < -0.3 is 0 Å². The summed E-state index contributed by atoms with van der Waals surface area (Å²) in [7, 11) is 0. The molecule has 1 heterocycles. The Kier molecular flexibility index (Phi) is 2.71. The zero-order valence-corrected chi connectivity index (χ0v) is 7.61. The first-order valence-electron chi connectivity index (χ1n) is 2.48. The highest BCUT2D eigenvalue weighted by atomic mass is 35.5. The second-order valence-electron chi connectivity index (χ2n) is 1.52. The Morgan fingerprint density at radius 1 is 1.90 bits per heavy atom. The molecular weight excluding hydrogens is 188 g/mol. The minimum atomic E-state index is 0.461. The monoisotopic (exact) mass is 192 g/mol. The van der Waals surface area contributed by atoms with E-state index in [2.05, 4.69) is 4.98 Å². The Balaban J connectivity index is 2.85. The van der Waals surface area contributed by atoms with Gasteiger partial charge in [-0.15, -0.1) is 23.1 Å². The number of nitrogens with zero attached hydrogens (tertiary/aromatic N) is 1. The smallest absolute Gasteiger partial charge is 0.184 e. The van der Waals surface area contributed by atoms with Gasteiger partial charge in [0.1, 0.15) is 10.7 Å². The molecule has 0 aromatic carbocycles. The second kappa shape index (κ2) is 3.37. The molecule has 0 aliphatic heterocycles. The largest absolute Gasteiger partial charge is 0.292 e. The van der Waals surface area contributed by atoms with Crippen LogP contribution in [0.3, 0.4) is 0 Å². The third-order valence-electron chi connectivity index (χ3n) is 0.913. The molecule has 0 aliphatic rings. The van der Waals surface area contributed by atoms with E-state index in [0.717, 1.165) is 0 Å². The quantitative estimate of drug-likeness (QED) is 0.548. The Labute approximate surface area is 72.1 Å². The Hall–Kier alpha value is -0.0600. The molecule has 0 bridgehead atoms. The van der Waals surface area contributed by atoms with Crippen LogP contribution in [0.1, 0.15) is 5.69 Å². The molecule has 1 N–H and O–H groups in total. The van der Waals surface area contributed by atoms with Crippen molar-refractivity contribution in [1.82, 2.24) is 4.98 Å². The molecule has 0 aliphatic carbocycles. The molecule has 2 nitrogen and oxygen atoms in total. The normalized spacial score (nSPS) is 9.80. The second-order valence-corrected chi connectivity index (χ2v) is 3.78. The highest BCUT2D eigenvalue weighted by Crippen LogP contribution is 2.17. The fraction of sp³-hybridized carbons (Fsp3) is 0.200. The highest BCUT2D eigenvalue weighted by molar-refractivity contribution is 8.13. The molecule has 0 saturated carbocycles. The lowest BCUT2D eigenvalue weighted by Gasteiger charge is -1.89. The number of nitrogens with one attached hydrogen (secondary N) is 1. The summed E-state index contributed by atoms with van der Waals surface area (Å²) < 4.78 is 0.494. The van der Waals surface area contributed by atoms with Gasteiger partial charge in [0.2, 0.25) is 0 Å². The molecule has 5 heteroatoms. The molecule has 0 unspecified atom stereocenters. The Bertz CT molecular complexity index is 246. The van der Waals surface area contributed by atoms with Gasteiger partial charge in [-0.05, 0) is 6.26 Å². The molecule has 1 aromatic rings. The average Bonchev–Trinajstić information content (AvgIpc) is 2.34. The van der Waals surface area contributed by atoms with Crippen molar-refractivity contribution in [2.45, 2.75) is 0 Å². The first-order chi connectivity index (χ1) is 4.74. The lowest BCUT2D eigenvalue weighted by atomic mass is 10.5. The Morgan fingerprint density at radius 2 is 2.60 bits per heavy atom. The maximum Gasteiger partial charge on any atom is 0.184 e. The minimum absolute atomic E-state index is 0.461. The fourth-order valence-corrected chi connectivity index (χ4v) is 1.60. The summed E-state index contributed by atoms with van der Waals surface area (Å²) in [4.78, 5) is 3.92. The van der Waals surface area contributed by atoms with Crippen LogP contribution in [0.5, 0.6) is 0 Å². The molecule has 54 valence electrons. The number of thioether (sulfide) groups is 1. The first-order valence-corrected chi connectivity index (χ1v) is 4.96. The van der Waals surface area contributed by atoms with Crippen molar-refractivity contribution in [2.75, 3.05) is 6.26 Å². The molecule has 10 heavy (non-hydrogen) atoms. The maximum atomic E-state index is 7.34. The minimum Gasteiger partial charge on any atom is -0.292 e. The first kappa shape index (κ1) is 8.04. The highest BCUT2D eigenvalue weighted by Gasteiger charge is 2.03. The van der Waals surface area contributed by atoms with E-state index >= 15 is 0 Å². The van der Waals surface area contributed by atoms with Gasteiger partial charge in [0, 0.05) is 5.38 Å². The van der Waals surface area contributed by atoms with Crippen molar-refractivity contribution in [3.05, 3.63) is 15.5 Å². The van der Waals surface area contributed by atoms with E-state index in [-0.39, 0.29) is 0 Å². The van der Waals surface area contributed by atoms with Gasteiger partial charge in [-0.2, -0.15) is 0 Å². The summed E-state index contributed by atoms with van der Waals surface area (Å²) in [6.07, 6.45) is 1.84. The number of thiazole rings is 1. The third-order valence-corrected chi connectivity index (χ3v) is 2.51. The molecule has 0 spiro atoms. The van der Waals surface area contributed by atoms with Crippen LogP contribution in [0, 0.1) is 5.41 Å². The maximum absolute atomic E-state index is 7.34. The molecule has 0 radical (unpaired) electrons. The van der Waals surface area contributed by atoms with Crippen LogP contribution in [0.25, 0.3) is 0 Å². The Morgan fingerprint density at radius 3 is 3.00 bits per heavy atom. The third kappa shape index (κ3) is 1.71. The van der Waals surface area contributed by atoms with Crippen LogP contribution in [0.4, 0.5) is 0 Å². The van der Waals surface area contributed by atoms with Crippen LogP contribution < -0.4 is 0 Å². The number of hydrogen-bond acceptors (Lipinski definition) is 4. The predicted molar refractivity (Wildman–Crippen MR) is 47.5 cm³/mol. The fourth-order valence-electron chi connectivity index (χ4n) is 0.461. The molecule has 1 aromatic heterocycles. The standard InChI is InChI=1S/C5H5ClN2S2/c1-9-4(7)3-2-10-5(6)8-3/h2,7H,1H3. The van der Waals surface area contributed by atoms with E-state index in [1.54, 1.807) is 5.38 Å². The van der Waals surface area contributed by atoms with Crippen LogP contribution in [-0.2, 0) is 0 Å². The van der Waals surface area contributed by atoms with E-state index < -0.39 is 0 Å². The molecule has 0 saturated heterocycles. The van der Waals surface area contributed by atoms with Crippen molar-refractivity contribution in [1.29, 1.82) is 5.41 Å². The van der Waals surface area contributed by atoms with Gasteiger partial charge in [-0.3, -0.25) is 5.41 Å². The average molecular weight is 193 g/mol. The lowest BCUT2D eigenvalue weighted by molar-refractivity contribution is 1.37. The van der Waals surface area contributed by atoms with Gasteiger partial charge >= 0.3 is 0 Å². The summed E-state index contributed by atoms with van der Waals surface area (Å²) in [5.74, 6) is 0. The summed E-state index contributed by atoms with van der Waals surface area (Å²) in [5, 5.41) is 9.58. The van der Waals surface area contributed by atoms with E-state index in [9.17, 15) is 0 Å². The van der Waals surface area contributed by atoms with E-state index in [1.807, 2.05) is 6.26 Å². The number of hydrogen-bond donors (Lipinski definition) is 1. The number of halogens is 1. The molecule has 1 rings (SSSR count). The number of rotatable bonds is 1. The van der Waals surface area contributed by atoms with Crippen LogP contribution >= 0.6 is 34.7 Å². The van der Waals surface area contributed by atoms with E-state index in [0.29, 0.717) is 15.2 Å². The predicted octanol–water partition coefficient (Wildman–Crippen LogP) is 2.48. The van der Waals surface area contributed by atoms with E-state index in [1.165, 1.54) is 23.1 Å². The molecular formula is C5H5ClN2S2. The summed E-state index contributed by atoms with van der Waals surface area (Å²) in [5.41, 5.74) is 0.669. The molecule has 0 atom stereocenters. The summed E-state index contributed by atoms with van der Waals surface area (Å²) >= 11 is 8.27. The van der Waals surface area contributed by atoms with Crippen molar-refractivity contribution >= 4 is 39.7 Å². The van der Waals surface area contributed by atoms with Gasteiger partial charge in [0.25, 0.3) is 0 Å². The zero-order chi connectivity index (χ0) is 7.56. The lowest BCUT2D eigenvalue weighted by Crippen LogP contribution is -1.90. The van der Waals surface area contributed by atoms with Crippen LogP contribution in [-0.4, -0.2) is 16.3 Å². The van der Waals surface area contributed by atoms with Crippen molar-refractivity contribution in [3.8, 4) is 0 Å². The topological polar surface area (TPSA) is 36.7 Å². The van der Waals surface area contributed by atoms with E-state index in [4.69, 9.17) is 17.0 Å². The van der Waals surface area contributed by atoms with Crippen molar-refractivity contribution in [3.63, 3.8) is 0 Å². The SMILES string of the molecule is CSC(=N)c1csc(Cl)n1. The zero-order valence-electron chi connectivity index (χ0n) is 5.22.